The van der Waals surface area contributed by atoms with Crippen LogP contribution in [0.1, 0.15) is 12.8 Å². The van der Waals surface area contributed by atoms with Crippen LogP contribution in [0.3, 0.4) is 0 Å². The van der Waals surface area contributed by atoms with Gasteiger partial charge in [-0.3, -0.25) is 10.1 Å². The van der Waals surface area contributed by atoms with Gasteiger partial charge in [-0.15, -0.1) is 0 Å². The van der Waals surface area contributed by atoms with Gasteiger partial charge in [0.15, 0.2) is 0 Å². The van der Waals surface area contributed by atoms with Crippen molar-refractivity contribution in [2.75, 3.05) is 18.5 Å². The lowest BCUT2D eigenvalue weighted by Gasteiger charge is -2.35. The quantitative estimate of drug-likeness (QED) is 0.674. The van der Waals surface area contributed by atoms with Crippen molar-refractivity contribution in [3.05, 3.63) is 33.3 Å². The van der Waals surface area contributed by atoms with Crippen LogP contribution in [-0.4, -0.2) is 29.7 Å². The number of rotatable bonds is 4. The first-order valence-corrected chi connectivity index (χ1v) is 6.19. The summed E-state index contributed by atoms with van der Waals surface area (Å²) in [7, 11) is 1.81. The van der Waals surface area contributed by atoms with Crippen molar-refractivity contribution in [3.63, 3.8) is 0 Å². The summed E-state index contributed by atoms with van der Waals surface area (Å²) in [6.07, 6.45) is 1.31. The van der Waals surface area contributed by atoms with Crippen molar-refractivity contribution in [2.24, 2.45) is 5.92 Å². The largest absolute Gasteiger partial charge is 0.393 e. The molecule has 1 aromatic carbocycles. The minimum absolute atomic E-state index is 0.0541. The molecule has 1 saturated carbocycles. The molecule has 98 valence electrons. The molecular formula is C12H15ClN2O3. The highest BCUT2D eigenvalue weighted by molar-refractivity contribution is 6.33. The van der Waals surface area contributed by atoms with E-state index in [9.17, 15) is 15.2 Å². The number of benzene rings is 1. The number of halogens is 1. The van der Waals surface area contributed by atoms with Gasteiger partial charge in [-0.25, -0.2) is 0 Å². The lowest BCUT2D eigenvalue weighted by molar-refractivity contribution is -0.384. The minimum atomic E-state index is -0.455. The summed E-state index contributed by atoms with van der Waals surface area (Å²) in [5.74, 6) is 0.392. The highest BCUT2D eigenvalue weighted by Crippen LogP contribution is 2.36. The highest BCUT2D eigenvalue weighted by atomic mass is 35.5. The van der Waals surface area contributed by atoms with E-state index in [2.05, 4.69) is 0 Å². The summed E-state index contributed by atoms with van der Waals surface area (Å²) in [5, 5.41) is 20.4. The van der Waals surface area contributed by atoms with E-state index in [1.165, 1.54) is 6.07 Å². The second-order valence-electron chi connectivity index (χ2n) is 4.74. The number of aliphatic hydroxyl groups excluding tert-OH is 1. The number of nitro benzene ring substituents is 1. The Bertz CT molecular complexity index is 461. The molecule has 0 aliphatic heterocycles. The molecule has 0 unspecified atom stereocenters. The lowest BCUT2D eigenvalue weighted by atomic mass is 9.82. The fourth-order valence-electron chi connectivity index (χ4n) is 2.33. The summed E-state index contributed by atoms with van der Waals surface area (Å²) in [5.41, 5.74) is 0.468. The molecule has 5 nitrogen and oxygen atoms in total. The predicted molar refractivity (Wildman–Crippen MR) is 70.1 cm³/mol. The maximum absolute atomic E-state index is 11.0. The Morgan fingerprint density at radius 3 is 2.78 bits per heavy atom. The third kappa shape index (κ3) is 2.57. The predicted octanol–water partition coefficient (Wildman–Crippen LogP) is 2.46. The zero-order valence-corrected chi connectivity index (χ0v) is 10.8. The number of hydrogen-bond donors (Lipinski definition) is 1. The third-order valence-corrected chi connectivity index (χ3v) is 3.61. The Balaban J connectivity index is 2.16. The summed E-state index contributed by atoms with van der Waals surface area (Å²) >= 11 is 5.87. The maximum Gasteiger partial charge on any atom is 0.310 e. The van der Waals surface area contributed by atoms with Crippen molar-refractivity contribution in [3.8, 4) is 0 Å². The van der Waals surface area contributed by atoms with E-state index in [-0.39, 0.29) is 16.8 Å². The van der Waals surface area contributed by atoms with E-state index >= 15 is 0 Å². The second kappa shape index (κ2) is 5.12. The van der Waals surface area contributed by atoms with Crippen LogP contribution in [0.4, 0.5) is 11.4 Å². The van der Waals surface area contributed by atoms with Crippen molar-refractivity contribution in [1.82, 2.24) is 0 Å². The van der Waals surface area contributed by atoms with Crippen LogP contribution >= 0.6 is 11.6 Å². The Morgan fingerprint density at radius 1 is 1.56 bits per heavy atom. The van der Waals surface area contributed by atoms with Crippen molar-refractivity contribution >= 4 is 23.0 Å². The van der Waals surface area contributed by atoms with Crippen LogP contribution in [0.2, 0.25) is 5.02 Å². The molecule has 0 saturated heterocycles. The van der Waals surface area contributed by atoms with Gasteiger partial charge in [-0.1, -0.05) is 17.7 Å². The van der Waals surface area contributed by atoms with Gasteiger partial charge in [0, 0.05) is 13.6 Å². The van der Waals surface area contributed by atoms with Crippen molar-refractivity contribution in [1.29, 1.82) is 0 Å². The van der Waals surface area contributed by atoms with Crippen LogP contribution < -0.4 is 4.90 Å². The van der Waals surface area contributed by atoms with Crippen LogP contribution in [0, 0.1) is 16.0 Å². The molecule has 0 amide bonds. The van der Waals surface area contributed by atoms with Crippen molar-refractivity contribution in [2.45, 2.75) is 18.9 Å². The molecule has 0 bridgehead atoms. The van der Waals surface area contributed by atoms with E-state index in [4.69, 9.17) is 11.6 Å². The average Bonchev–Trinajstić information content (AvgIpc) is 2.26. The fraction of sp³-hybridized carbons (Fsp3) is 0.500. The zero-order valence-electron chi connectivity index (χ0n) is 10.0. The van der Waals surface area contributed by atoms with Gasteiger partial charge in [-0.2, -0.15) is 0 Å². The molecule has 0 atom stereocenters. The molecule has 1 N–H and O–H groups in total. The van der Waals surface area contributed by atoms with Crippen LogP contribution in [0.15, 0.2) is 18.2 Å². The number of nitro groups is 1. The van der Waals surface area contributed by atoms with Gasteiger partial charge in [0.2, 0.25) is 0 Å². The second-order valence-corrected chi connectivity index (χ2v) is 5.14. The first kappa shape index (κ1) is 13.1. The summed E-state index contributed by atoms with van der Waals surface area (Å²) in [6, 6.07) is 4.92. The summed E-state index contributed by atoms with van der Waals surface area (Å²) in [4.78, 5) is 12.4. The third-order valence-electron chi connectivity index (χ3n) is 3.30. The van der Waals surface area contributed by atoms with E-state index < -0.39 is 4.92 Å². The van der Waals surface area contributed by atoms with Crippen LogP contribution in [0.25, 0.3) is 0 Å². The van der Waals surface area contributed by atoms with Gasteiger partial charge < -0.3 is 10.0 Å². The lowest BCUT2D eigenvalue weighted by Crippen LogP contribution is -2.37. The standard InChI is InChI=1S/C12H15ClN2O3/c1-14(7-8-5-9(16)6-8)11-4-2-3-10(13)12(11)15(17)18/h2-4,8-9,16H,5-7H2,1H3. The molecule has 1 aromatic rings. The van der Waals surface area contributed by atoms with E-state index in [1.54, 1.807) is 12.1 Å². The average molecular weight is 271 g/mol. The molecule has 6 heteroatoms. The first-order chi connectivity index (χ1) is 8.49. The Morgan fingerprint density at radius 2 is 2.22 bits per heavy atom. The molecule has 1 aliphatic rings. The van der Waals surface area contributed by atoms with E-state index in [1.807, 2.05) is 11.9 Å². The molecule has 1 fully saturated rings. The smallest absolute Gasteiger partial charge is 0.310 e. The number of aliphatic hydroxyl groups is 1. The topological polar surface area (TPSA) is 66.6 Å². The Kier molecular flexibility index (Phi) is 3.73. The molecular weight excluding hydrogens is 256 g/mol. The Hall–Kier alpha value is -1.33. The van der Waals surface area contributed by atoms with Gasteiger partial charge >= 0.3 is 5.69 Å². The summed E-state index contributed by atoms with van der Waals surface area (Å²) < 4.78 is 0. The van der Waals surface area contributed by atoms with Crippen LogP contribution in [-0.2, 0) is 0 Å². The molecule has 2 rings (SSSR count). The number of para-hydroxylation sites is 1. The van der Waals surface area contributed by atoms with Gasteiger partial charge in [0.05, 0.1) is 11.0 Å². The fourth-order valence-corrected chi connectivity index (χ4v) is 2.57. The number of nitrogens with zero attached hydrogens (tertiary/aromatic N) is 2. The monoisotopic (exact) mass is 270 g/mol. The Labute approximate surface area is 110 Å². The molecule has 0 heterocycles. The first-order valence-electron chi connectivity index (χ1n) is 5.81. The molecule has 0 radical (unpaired) electrons. The molecule has 0 spiro atoms. The number of hydrogen-bond acceptors (Lipinski definition) is 4. The maximum atomic E-state index is 11.0. The summed E-state index contributed by atoms with van der Waals surface area (Å²) in [6.45, 7) is 0.693. The van der Waals surface area contributed by atoms with Gasteiger partial charge in [0.25, 0.3) is 0 Å². The molecule has 18 heavy (non-hydrogen) atoms. The SMILES string of the molecule is CN(CC1CC(O)C1)c1cccc(Cl)c1[N+](=O)[O-]. The van der Waals surface area contributed by atoms with Gasteiger partial charge in [0.1, 0.15) is 10.7 Å². The molecule has 0 aromatic heterocycles. The van der Waals surface area contributed by atoms with Crippen LogP contribution in [0.5, 0.6) is 0 Å². The van der Waals surface area contributed by atoms with E-state index in [0.717, 1.165) is 12.8 Å². The highest BCUT2D eigenvalue weighted by Gasteiger charge is 2.30. The zero-order chi connectivity index (χ0) is 13.3. The van der Waals surface area contributed by atoms with Gasteiger partial charge in [-0.05, 0) is 30.9 Å². The molecule has 1 aliphatic carbocycles. The van der Waals surface area contributed by atoms with E-state index in [0.29, 0.717) is 18.2 Å². The normalized spacial score (nSPS) is 22.4. The van der Waals surface area contributed by atoms with Crippen molar-refractivity contribution < 1.29 is 10.0 Å². The number of anilines is 1. The minimum Gasteiger partial charge on any atom is -0.393 e.